The molecule has 1 aliphatic rings. The first-order valence-electron chi connectivity index (χ1n) is 11.4. The molecule has 0 amide bonds. The average Bonchev–Trinajstić information content (AvgIpc) is 3.03. The second-order valence-corrected chi connectivity index (χ2v) is 14.1. The van der Waals surface area contributed by atoms with E-state index >= 15 is 0 Å². The maximum atomic E-state index is 14.7. The topological polar surface area (TPSA) is 82.5 Å². The van der Waals surface area contributed by atoms with Crippen LogP contribution >= 0.6 is 0 Å². The lowest BCUT2D eigenvalue weighted by Gasteiger charge is -2.32. The van der Waals surface area contributed by atoms with Crippen molar-refractivity contribution in [2.24, 2.45) is 5.92 Å². The van der Waals surface area contributed by atoms with Gasteiger partial charge in [0.25, 0.3) is 5.56 Å². The Morgan fingerprint density at radius 2 is 1.91 bits per heavy atom. The molecule has 0 spiro atoms. The first kappa shape index (κ1) is 26.5. The molecule has 0 bridgehead atoms. The minimum Gasteiger partial charge on any atom is -0.378 e. The quantitative estimate of drug-likeness (QED) is 0.306. The number of halogens is 1. The van der Waals surface area contributed by atoms with E-state index < -0.39 is 49.8 Å². The minimum absolute atomic E-state index is 0.0000218. The third-order valence-electron chi connectivity index (χ3n) is 5.26. The summed E-state index contributed by atoms with van der Waals surface area (Å²) in [6, 6.07) is 1.24. The Hall–Kier alpha value is -1.73. The molecular weight excluding hydrogens is 431 g/mol. The van der Waals surface area contributed by atoms with Gasteiger partial charge in [-0.05, 0) is 12.8 Å². The fourth-order valence-electron chi connectivity index (χ4n) is 3.53. The van der Waals surface area contributed by atoms with Gasteiger partial charge in [-0.2, -0.15) is 0 Å². The van der Waals surface area contributed by atoms with Crippen molar-refractivity contribution in [1.82, 2.24) is 9.55 Å². The summed E-state index contributed by atoms with van der Waals surface area (Å²) in [6.07, 6.45) is 3.30. The van der Waals surface area contributed by atoms with Crippen molar-refractivity contribution < 1.29 is 18.6 Å². The van der Waals surface area contributed by atoms with Gasteiger partial charge in [-0.1, -0.05) is 52.3 Å². The maximum Gasteiger partial charge on any atom is 0.330 e. The summed E-state index contributed by atoms with van der Waals surface area (Å²) in [5, 5.41) is 0. The second-order valence-electron chi connectivity index (χ2n) is 9.32. The highest BCUT2D eigenvalue weighted by atomic mass is 28.3. The van der Waals surface area contributed by atoms with Crippen molar-refractivity contribution in [1.29, 1.82) is 0 Å². The number of alkyl halides is 1. The van der Waals surface area contributed by atoms with Crippen molar-refractivity contribution in [3.63, 3.8) is 0 Å². The van der Waals surface area contributed by atoms with Gasteiger partial charge < -0.3 is 14.2 Å². The zero-order valence-corrected chi connectivity index (χ0v) is 20.9. The smallest absolute Gasteiger partial charge is 0.330 e. The minimum atomic E-state index is -1.78. The number of hydrogen-bond acceptors (Lipinski definition) is 5. The van der Waals surface area contributed by atoms with Crippen LogP contribution < -0.4 is 11.2 Å². The molecule has 1 fully saturated rings. The highest BCUT2D eigenvalue weighted by Crippen LogP contribution is 2.43. The molecule has 4 atom stereocenters. The Labute approximate surface area is 190 Å². The van der Waals surface area contributed by atoms with Crippen LogP contribution in [0.3, 0.4) is 0 Å². The first-order chi connectivity index (χ1) is 15.2. The van der Waals surface area contributed by atoms with E-state index in [0.717, 1.165) is 25.7 Å². The first-order valence-corrected chi connectivity index (χ1v) is 14.9. The van der Waals surface area contributed by atoms with Crippen LogP contribution in [-0.2, 0) is 14.2 Å². The number of H-pyrrole nitrogens is 1. The van der Waals surface area contributed by atoms with Gasteiger partial charge in [-0.25, -0.2) is 9.18 Å². The van der Waals surface area contributed by atoms with Crippen LogP contribution in [0.1, 0.15) is 45.8 Å². The Morgan fingerprint density at radius 3 is 2.50 bits per heavy atom. The van der Waals surface area contributed by atoms with Crippen LogP contribution in [0.25, 0.3) is 0 Å². The molecule has 0 aromatic carbocycles. The average molecular weight is 469 g/mol. The molecule has 1 N–H and O–H groups in total. The number of hydrogen-bond donors (Lipinski definition) is 1. The highest BCUT2D eigenvalue weighted by molar-refractivity contribution is 6.83. The molecule has 1 saturated heterocycles. The molecule has 2 heterocycles. The third-order valence-corrected chi connectivity index (χ3v) is 6.15. The number of nitrogens with zero attached hydrogens (tertiary/aromatic N) is 1. The van der Waals surface area contributed by atoms with Gasteiger partial charge in [-0.15, -0.1) is 5.54 Å². The van der Waals surface area contributed by atoms with Crippen LogP contribution in [0, 0.1) is 17.4 Å². The van der Waals surface area contributed by atoms with Gasteiger partial charge in [0, 0.05) is 25.5 Å². The van der Waals surface area contributed by atoms with Gasteiger partial charge in [-0.3, -0.25) is 14.3 Å². The SMILES string of the molecule is CCCCOC[C@@]1(CF)O[C@@H](n2ccc(=O)[nH]c2=O)[C@@H](C#C[Si](C)(C)C)[C@@H]1OCCCC. The summed E-state index contributed by atoms with van der Waals surface area (Å²) in [5.74, 6) is 2.68. The molecule has 2 rings (SSSR count). The number of aromatic nitrogens is 2. The fraction of sp³-hybridized carbons (Fsp3) is 0.739. The van der Waals surface area contributed by atoms with E-state index in [9.17, 15) is 14.0 Å². The summed E-state index contributed by atoms with van der Waals surface area (Å²) in [6.45, 7) is 10.5. The normalized spacial score (nSPS) is 25.5. The maximum absolute atomic E-state index is 14.7. The molecule has 1 aliphatic heterocycles. The predicted molar refractivity (Wildman–Crippen MR) is 125 cm³/mol. The zero-order chi connectivity index (χ0) is 23.8. The standard InChI is InChI=1S/C23H37FN2O5Si/c1-6-8-13-29-17-23(16-24)20(30-14-9-7-2)18(11-15-32(3,4)5)21(31-23)26-12-10-19(27)25-22(26)28/h10,12,18,20-21H,6-9,13-14,16-17H2,1-5H3,(H,25,27,28)/t18-,20-,21+,23+/m0/s1. The Morgan fingerprint density at radius 1 is 1.22 bits per heavy atom. The molecule has 180 valence electrons. The van der Waals surface area contributed by atoms with E-state index in [4.69, 9.17) is 14.2 Å². The molecule has 0 saturated carbocycles. The van der Waals surface area contributed by atoms with Gasteiger partial charge in [0.2, 0.25) is 0 Å². The van der Waals surface area contributed by atoms with E-state index in [1.807, 2.05) is 0 Å². The number of ether oxygens (including phenoxy) is 3. The summed E-state index contributed by atoms with van der Waals surface area (Å²) in [5.41, 5.74) is 0.805. The molecule has 0 radical (unpaired) electrons. The summed E-state index contributed by atoms with van der Waals surface area (Å²) >= 11 is 0. The molecular formula is C23H37FN2O5Si. The van der Waals surface area contributed by atoms with Gasteiger partial charge >= 0.3 is 5.69 Å². The zero-order valence-electron chi connectivity index (χ0n) is 19.9. The van der Waals surface area contributed by atoms with Gasteiger partial charge in [0.1, 0.15) is 26.5 Å². The molecule has 9 heteroatoms. The van der Waals surface area contributed by atoms with E-state index in [0.29, 0.717) is 13.2 Å². The molecule has 0 aliphatic carbocycles. The second kappa shape index (κ2) is 11.9. The van der Waals surface area contributed by atoms with Crippen molar-refractivity contribution in [2.45, 2.75) is 77.1 Å². The van der Waals surface area contributed by atoms with Crippen molar-refractivity contribution in [3.8, 4) is 11.5 Å². The predicted octanol–water partition coefficient (Wildman–Crippen LogP) is 3.27. The lowest BCUT2D eigenvalue weighted by molar-refractivity contribution is -0.160. The van der Waals surface area contributed by atoms with E-state index in [1.54, 1.807) is 0 Å². The Balaban J connectivity index is 2.52. The summed E-state index contributed by atoms with van der Waals surface area (Å²) in [4.78, 5) is 26.4. The lowest BCUT2D eigenvalue weighted by Crippen LogP contribution is -2.49. The molecule has 0 unspecified atom stereocenters. The number of unbranched alkanes of at least 4 members (excludes halogenated alkanes) is 2. The monoisotopic (exact) mass is 468 g/mol. The molecule has 32 heavy (non-hydrogen) atoms. The Kier molecular flexibility index (Phi) is 9.89. The van der Waals surface area contributed by atoms with Crippen LogP contribution in [0.15, 0.2) is 21.9 Å². The van der Waals surface area contributed by atoms with Crippen molar-refractivity contribution in [3.05, 3.63) is 33.1 Å². The third kappa shape index (κ3) is 6.88. The summed E-state index contributed by atoms with van der Waals surface area (Å²) < 4.78 is 34.1. The van der Waals surface area contributed by atoms with Crippen LogP contribution in [0.5, 0.6) is 0 Å². The number of rotatable bonds is 11. The fourth-order valence-corrected chi connectivity index (χ4v) is 4.13. The van der Waals surface area contributed by atoms with Gasteiger partial charge in [0.15, 0.2) is 6.23 Å². The van der Waals surface area contributed by atoms with Crippen LogP contribution in [0.2, 0.25) is 19.6 Å². The highest BCUT2D eigenvalue weighted by Gasteiger charge is 2.57. The van der Waals surface area contributed by atoms with Crippen molar-refractivity contribution >= 4 is 8.07 Å². The van der Waals surface area contributed by atoms with Crippen molar-refractivity contribution in [2.75, 3.05) is 26.5 Å². The number of aromatic amines is 1. The summed E-state index contributed by atoms with van der Waals surface area (Å²) in [7, 11) is -1.78. The van der Waals surface area contributed by atoms with Crippen LogP contribution in [0.4, 0.5) is 4.39 Å². The molecule has 7 nitrogen and oxygen atoms in total. The number of nitrogens with one attached hydrogen (secondary N) is 1. The Bertz CT molecular complexity index is 900. The van der Waals surface area contributed by atoms with Crippen LogP contribution in [-0.4, -0.2) is 55.8 Å². The lowest BCUT2D eigenvalue weighted by atomic mass is 9.91. The molecule has 1 aromatic rings. The van der Waals surface area contributed by atoms with E-state index in [2.05, 4.69) is 49.9 Å². The molecule has 1 aromatic heterocycles. The largest absolute Gasteiger partial charge is 0.378 e. The van der Waals surface area contributed by atoms with Gasteiger partial charge in [0.05, 0.1) is 12.5 Å². The van der Waals surface area contributed by atoms with E-state index in [-0.39, 0.29) is 6.61 Å². The van der Waals surface area contributed by atoms with E-state index in [1.165, 1.54) is 16.8 Å².